The number of rotatable bonds is 5. The molecule has 0 unspecified atom stereocenters. The van der Waals surface area contributed by atoms with Gasteiger partial charge < -0.3 is 15.0 Å². The van der Waals surface area contributed by atoms with Crippen LogP contribution in [0.5, 0.6) is 0 Å². The first-order valence-corrected chi connectivity index (χ1v) is 10.3. The lowest BCUT2D eigenvalue weighted by atomic mass is 9.89. The maximum atomic E-state index is 12.8. The summed E-state index contributed by atoms with van der Waals surface area (Å²) < 4.78 is 6.61. The zero-order valence-corrected chi connectivity index (χ0v) is 16.8. The van der Waals surface area contributed by atoms with Crippen LogP contribution < -0.4 is 5.32 Å². The summed E-state index contributed by atoms with van der Waals surface area (Å²) in [7, 11) is 1.72. The van der Waals surface area contributed by atoms with E-state index in [2.05, 4.69) is 10.4 Å². The highest BCUT2D eigenvalue weighted by Gasteiger charge is 2.30. The zero-order chi connectivity index (χ0) is 20.1. The first-order valence-electron chi connectivity index (χ1n) is 10.3. The maximum absolute atomic E-state index is 12.8. The Morgan fingerprint density at radius 1 is 1.11 bits per heavy atom. The van der Waals surface area contributed by atoms with Crippen molar-refractivity contribution < 1.29 is 19.1 Å². The SMILES string of the molecule is CCOC(=O)C1CCN(C(=O)c2cc(NC(=O)C3CCCCC3)n(C)n2)CC1. The van der Waals surface area contributed by atoms with E-state index in [0.717, 1.165) is 25.7 Å². The number of hydrogen-bond donors (Lipinski definition) is 1. The van der Waals surface area contributed by atoms with Gasteiger partial charge in [0.2, 0.25) is 5.91 Å². The van der Waals surface area contributed by atoms with Gasteiger partial charge in [-0.05, 0) is 32.6 Å². The third-order valence-electron chi connectivity index (χ3n) is 5.73. The smallest absolute Gasteiger partial charge is 0.309 e. The van der Waals surface area contributed by atoms with E-state index in [0.29, 0.717) is 44.0 Å². The second kappa shape index (κ2) is 9.21. The predicted molar refractivity (Wildman–Crippen MR) is 104 cm³/mol. The van der Waals surface area contributed by atoms with Gasteiger partial charge in [0, 0.05) is 32.1 Å². The van der Waals surface area contributed by atoms with E-state index in [1.807, 2.05) is 0 Å². The fourth-order valence-electron chi connectivity index (χ4n) is 4.02. The van der Waals surface area contributed by atoms with Crippen LogP contribution in [0.1, 0.15) is 62.4 Å². The lowest BCUT2D eigenvalue weighted by molar-refractivity contribution is -0.149. The summed E-state index contributed by atoms with van der Waals surface area (Å²) in [6, 6.07) is 1.64. The topological polar surface area (TPSA) is 93.5 Å². The fraction of sp³-hybridized carbons (Fsp3) is 0.700. The van der Waals surface area contributed by atoms with E-state index >= 15 is 0 Å². The molecule has 0 atom stereocenters. The second-order valence-corrected chi connectivity index (χ2v) is 7.68. The Morgan fingerprint density at radius 2 is 1.79 bits per heavy atom. The van der Waals surface area contributed by atoms with Crippen molar-refractivity contribution in [3.8, 4) is 0 Å². The molecule has 0 aromatic carbocycles. The highest BCUT2D eigenvalue weighted by Crippen LogP contribution is 2.25. The van der Waals surface area contributed by atoms with Gasteiger partial charge in [0.25, 0.3) is 5.91 Å². The number of esters is 1. The van der Waals surface area contributed by atoms with Crippen molar-refractivity contribution in [2.75, 3.05) is 25.0 Å². The van der Waals surface area contributed by atoms with Crippen LogP contribution >= 0.6 is 0 Å². The molecule has 28 heavy (non-hydrogen) atoms. The standard InChI is InChI=1S/C20H30N4O4/c1-3-28-20(27)15-9-11-24(12-10-15)19(26)16-13-17(23(2)22-16)21-18(25)14-7-5-4-6-8-14/h13-15H,3-12H2,1-2H3,(H,21,25). The predicted octanol–water partition coefficient (Wildman–Crippen LogP) is 2.35. The van der Waals surface area contributed by atoms with Gasteiger partial charge in [0.15, 0.2) is 5.69 Å². The fourth-order valence-corrected chi connectivity index (χ4v) is 4.02. The summed E-state index contributed by atoms with van der Waals surface area (Å²) in [6.07, 6.45) is 6.42. The lowest BCUT2D eigenvalue weighted by Gasteiger charge is -2.30. The number of nitrogens with one attached hydrogen (secondary N) is 1. The molecule has 1 aliphatic carbocycles. The molecule has 2 heterocycles. The van der Waals surface area contributed by atoms with E-state index in [1.54, 1.807) is 29.6 Å². The number of carbonyl (C=O) groups is 3. The highest BCUT2D eigenvalue weighted by molar-refractivity contribution is 5.96. The minimum Gasteiger partial charge on any atom is -0.466 e. The molecular weight excluding hydrogens is 360 g/mol. The first-order chi connectivity index (χ1) is 13.5. The molecule has 1 aliphatic heterocycles. The van der Waals surface area contributed by atoms with Crippen LogP contribution in [0.25, 0.3) is 0 Å². The van der Waals surface area contributed by atoms with Gasteiger partial charge in [-0.15, -0.1) is 0 Å². The van der Waals surface area contributed by atoms with Crippen molar-refractivity contribution >= 4 is 23.6 Å². The Kier molecular flexibility index (Phi) is 6.70. The van der Waals surface area contributed by atoms with E-state index in [9.17, 15) is 14.4 Å². The first kappa shape index (κ1) is 20.4. The molecule has 2 aliphatic rings. The number of aromatic nitrogens is 2. The van der Waals surface area contributed by atoms with Gasteiger partial charge >= 0.3 is 5.97 Å². The van der Waals surface area contributed by atoms with Gasteiger partial charge in [0.05, 0.1) is 12.5 Å². The number of aryl methyl sites for hydroxylation is 1. The van der Waals surface area contributed by atoms with Crippen LogP contribution in [0.2, 0.25) is 0 Å². The number of piperidine rings is 1. The van der Waals surface area contributed by atoms with E-state index in [-0.39, 0.29) is 29.6 Å². The van der Waals surface area contributed by atoms with Gasteiger partial charge in [-0.1, -0.05) is 19.3 Å². The van der Waals surface area contributed by atoms with E-state index in [4.69, 9.17) is 4.74 Å². The summed E-state index contributed by atoms with van der Waals surface area (Å²) in [5.41, 5.74) is 0.316. The summed E-state index contributed by atoms with van der Waals surface area (Å²) in [4.78, 5) is 38.8. The molecule has 3 rings (SSSR count). The van der Waals surface area contributed by atoms with Crippen molar-refractivity contribution in [2.45, 2.75) is 51.9 Å². The molecule has 1 saturated carbocycles. The van der Waals surface area contributed by atoms with Crippen LogP contribution in [0, 0.1) is 11.8 Å². The van der Waals surface area contributed by atoms with Crippen LogP contribution in [-0.2, 0) is 21.4 Å². The molecule has 1 saturated heterocycles. The molecule has 8 nitrogen and oxygen atoms in total. The number of nitrogens with zero attached hydrogens (tertiary/aromatic N) is 3. The van der Waals surface area contributed by atoms with Crippen molar-refractivity contribution in [1.29, 1.82) is 0 Å². The van der Waals surface area contributed by atoms with Gasteiger partial charge in [0.1, 0.15) is 5.82 Å². The summed E-state index contributed by atoms with van der Waals surface area (Å²) in [5, 5.41) is 7.21. The Morgan fingerprint density at radius 3 is 2.43 bits per heavy atom. The Hall–Kier alpha value is -2.38. The van der Waals surface area contributed by atoms with Crippen LogP contribution in [0.15, 0.2) is 6.07 Å². The van der Waals surface area contributed by atoms with Crippen molar-refractivity contribution in [2.24, 2.45) is 18.9 Å². The molecule has 154 valence electrons. The van der Waals surface area contributed by atoms with Crippen molar-refractivity contribution in [1.82, 2.24) is 14.7 Å². The average molecular weight is 390 g/mol. The molecule has 1 aromatic rings. The normalized spacial score (nSPS) is 18.7. The molecule has 2 fully saturated rings. The molecule has 0 radical (unpaired) electrons. The third-order valence-corrected chi connectivity index (χ3v) is 5.73. The summed E-state index contributed by atoms with van der Waals surface area (Å²) in [6.45, 7) is 3.18. The molecule has 0 bridgehead atoms. The third kappa shape index (κ3) is 4.72. The molecular formula is C20H30N4O4. The van der Waals surface area contributed by atoms with Crippen LogP contribution in [0.3, 0.4) is 0 Å². The monoisotopic (exact) mass is 390 g/mol. The zero-order valence-electron chi connectivity index (χ0n) is 16.8. The highest BCUT2D eigenvalue weighted by atomic mass is 16.5. The number of likely N-dealkylation sites (tertiary alicyclic amines) is 1. The Bertz CT molecular complexity index is 716. The van der Waals surface area contributed by atoms with Crippen LogP contribution in [0.4, 0.5) is 5.82 Å². The Labute approximate surface area is 165 Å². The van der Waals surface area contributed by atoms with E-state index < -0.39 is 0 Å². The maximum Gasteiger partial charge on any atom is 0.309 e. The molecule has 1 N–H and O–H groups in total. The van der Waals surface area contributed by atoms with Crippen molar-refractivity contribution in [3.05, 3.63) is 11.8 Å². The van der Waals surface area contributed by atoms with Crippen LogP contribution in [-0.4, -0.2) is 52.2 Å². The molecule has 1 aromatic heterocycles. The number of hydrogen-bond acceptors (Lipinski definition) is 5. The minimum atomic E-state index is -0.180. The summed E-state index contributed by atoms with van der Waals surface area (Å²) >= 11 is 0. The lowest BCUT2D eigenvalue weighted by Crippen LogP contribution is -2.40. The minimum absolute atomic E-state index is 0.0111. The van der Waals surface area contributed by atoms with Crippen molar-refractivity contribution in [3.63, 3.8) is 0 Å². The largest absolute Gasteiger partial charge is 0.466 e. The Balaban J connectivity index is 1.57. The molecule has 2 amide bonds. The number of ether oxygens (including phenoxy) is 1. The van der Waals surface area contributed by atoms with Gasteiger partial charge in [-0.25, -0.2) is 0 Å². The van der Waals surface area contributed by atoms with Gasteiger partial charge in [-0.2, -0.15) is 5.10 Å². The molecule has 0 spiro atoms. The summed E-state index contributed by atoms with van der Waals surface area (Å²) in [5.74, 6) is 0.108. The quantitative estimate of drug-likeness (QED) is 0.779. The van der Waals surface area contributed by atoms with Gasteiger partial charge in [-0.3, -0.25) is 19.1 Å². The number of carbonyl (C=O) groups excluding carboxylic acids is 3. The number of anilines is 1. The average Bonchev–Trinajstić information content (AvgIpc) is 3.08. The molecule has 8 heteroatoms. The number of amides is 2. The second-order valence-electron chi connectivity index (χ2n) is 7.68. The van der Waals surface area contributed by atoms with E-state index in [1.165, 1.54) is 6.42 Å².